The summed E-state index contributed by atoms with van der Waals surface area (Å²) in [5.74, 6) is 1.00. The fraction of sp³-hybridized carbons (Fsp3) is 0.586. The lowest BCUT2D eigenvalue weighted by molar-refractivity contribution is -0.145. The largest absolute Gasteiger partial charge is 0.466 e. The number of ether oxygens (including phenoxy) is 2. The van der Waals surface area contributed by atoms with Crippen LogP contribution in [0.1, 0.15) is 84.9 Å². The lowest BCUT2D eigenvalue weighted by Crippen LogP contribution is -2.55. The zero-order chi connectivity index (χ0) is 28.9. The van der Waals surface area contributed by atoms with Crippen molar-refractivity contribution in [3.8, 4) is 12.3 Å². The van der Waals surface area contributed by atoms with Gasteiger partial charge in [0.05, 0.1) is 13.0 Å². The van der Waals surface area contributed by atoms with Gasteiger partial charge in [0.2, 0.25) is 11.8 Å². The minimum atomic E-state index is -1.08. The van der Waals surface area contributed by atoms with Crippen LogP contribution in [0.15, 0.2) is 24.3 Å². The first-order chi connectivity index (χ1) is 17.9. The first-order valence-corrected chi connectivity index (χ1v) is 13.2. The fourth-order valence-corrected chi connectivity index (χ4v) is 3.84. The number of rotatable bonds is 13. The molecule has 0 fully saturated rings. The number of carbonyl (C=O) groups excluding carboxylic acids is 4. The van der Waals surface area contributed by atoms with Crippen molar-refractivity contribution in [3.63, 3.8) is 0 Å². The molecule has 0 aromatic heterocycles. The quantitative estimate of drug-likeness (QED) is 0.295. The van der Waals surface area contributed by atoms with Gasteiger partial charge in [0, 0.05) is 18.7 Å². The third kappa shape index (κ3) is 10.1. The van der Waals surface area contributed by atoms with E-state index in [2.05, 4.69) is 16.6 Å². The fourth-order valence-electron chi connectivity index (χ4n) is 3.84. The summed E-state index contributed by atoms with van der Waals surface area (Å²) in [4.78, 5) is 53.6. The van der Waals surface area contributed by atoms with Gasteiger partial charge in [-0.1, -0.05) is 51.3 Å². The van der Waals surface area contributed by atoms with Crippen molar-refractivity contribution < 1.29 is 28.7 Å². The Bertz CT molecular complexity index is 995. The van der Waals surface area contributed by atoms with E-state index < -0.39 is 41.6 Å². The van der Waals surface area contributed by atoms with Crippen LogP contribution in [-0.4, -0.2) is 60.1 Å². The zero-order valence-electron chi connectivity index (χ0n) is 23.8. The van der Waals surface area contributed by atoms with E-state index in [0.29, 0.717) is 24.0 Å². The SMILES string of the molecule is C#Cc1ccccc1C(C(=O)NCCC(=O)OCC)N(CCC)C(=O)C(NC(=O)OC(C)(C)C)C(C)CC. The van der Waals surface area contributed by atoms with E-state index in [-0.39, 0.29) is 32.0 Å². The third-order valence-electron chi connectivity index (χ3n) is 5.80. The van der Waals surface area contributed by atoms with Crippen LogP contribution in [0, 0.1) is 18.3 Å². The topological polar surface area (TPSA) is 114 Å². The lowest BCUT2D eigenvalue weighted by atomic mass is 9.94. The molecule has 1 aromatic carbocycles. The molecular weight excluding hydrogens is 486 g/mol. The molecule has 0 spiro atoms. The molecule has 2 N–H and O–H groups in total. The molecule has 9 nitrogen and oxygen atoms in total. The number of carbonyl (C=O) groups is 4. The van der Waals surface area contributed by atoms with Gasteiger partial charge in [-0.15, -0.1) is 6.42 Å². The Morgan fingerprint density at radius 3 is 2.32 bits per heavy atom. The number of terminal acetylenes is 1. The van der Waals surface area contributed by atoms with Crippen molar-refractivity contribution in [2.75, 3.05) is 19.7 Å². The van der Waals surface area contributed by atoms with Crippen LogP contribution in [0.5, 0.6) is 0 Å². The number of hydrogen-bond acceptors (Lipinski definition) is 6. The van der Waals surface area contributed by atoms with Crippen LogP contribution < -0.4 is 10.6 Å². The smallest absolute Gasteiger partial charge is 0.408 e. The highest BCUT2D eigenvalue weighted by molar-refractivity contribution is 5.92. The summed E-state index contributed by atoms with van der Waals surface area (Å²) in [6.07, 6.45) is 6.17. The number of nitrogens with zero attached hydrogens (tertiary/aromatic N) is 1. The Kier molecular flexibility index (Phi) is 13.4. The number of alkyl carbamates (subject to hydrolysis) is 1. The summed E-state index contributed by atoms with van der Waals surface area (Å²) in [6, 6.07) is 4.90. The maximum atomic E-state index is 14.1. The Hall–Kier alpha value is -3.54. The van der Waals surface area contributed by atoms with Crippen molar-refractivity contribution in [3.05, 3.63) is 35.4 Å². The molecule has 9 heteroatoms. The van der Waals surface area contributed by atoms with Gasteiger partial charge >= 0.3 is 12.1 Å². The van der Waals surface area contributed by atoms with Gasteiger partial charge < -0.3 is 25.0 Å². The van der Waals surface area contributed by atoms with Crippen LogP contribution in [0.25, 0.3) is 0 Å². The Morgan fingerprint density at radius 2 is 1.76 bits per heavy atom. The predicted octanol–water partition coefficient (Wildman–Crippen LogP) is 3.96. The molecular formula is C29H43N3O6. The van der Waals surface area contributed by atoms with Crippen molar-refractivity contribution >= 4 is 23.9 Å². The van der Waals surface area contributed by atoms with Crippen LogP contribution in [0.2, 0.25) is 0 Å². The highest BCUT2D eigenvalue weighted by atomic mass is 16.6. The summed E-state index contributed by atoms with van der Waals surface area (Å²) in [7, 11) is 0. The monoisotopic (exact) mass is 529 g/mol. The molecule has 3 atom stereocenters. The number of amides is 3. The van der Waals surface area contributed by atoms with Gasteiger partial charge in [-0.25, -0.2) is 4.79 Å². The molecule has 0 saturated heterocycles. The molecule has 0 aliphatic heterocycles. The molecule has 210 valence electrons. The van der Waals surface area contributed by atoms with Crippen molar-refractivity contribution in [1.29, 1.82) is 0 Å². The molecule has 3 amide bonds. The second-order valence-electron chi connectivity index (χ2n) is 10.0. The predicted molar refractivity (Wildman–Crippen MR) is 146 cm³/mol. The van der Waals surface area contributed by atoms with Crippen molar-refractivity contribution in [2.45, 2.75) is 85.4 Å². The van der Waals surface area contributed by atoms with Gasteiger partial charge in [-0.3, -0.25) is 14.4 Å². The minimum absolute atomic E-state index is 0.0134. The van der Waals surface area contributed by atoms with Gasteiger partial charge in [-0.2, -0.15) is 0 Å². The molecule has 0 aliphatic carbocycles. The molecule has 0 bridgehead atoms. The first kappa shape index (κ1) is 32.5. The summed E-state index contributed by atoms with van der Waals surface area (Å²) in [5, 5.41) is 5.48. The summed E-state index contributed by atoms with van der Waals surface area (Å²) < 4.78 is 10.3. The van der Waals surface area contributed by atoms with Crippen LogP contribution in [0.3, 0.4) is 0 Å². The standard InChI is InChI=1S/C29H43N3O6/c1-9-19-32(27(35)24(20(5)10-2)31-28(36)38-29(6,7)8)25(22-16-14-13-15-21(22)11-3)26(34)30-18-17-23(33)37-12-4/h3,13-16,20,24-25H,9-10,12,17-19H2,1-2,4-8H3,(H,30,34)(H,31,36). The molecule has 3 unspecified atom stereocenters. The van der Waals surface area contributed by atoms with Gasteiger partial charge in [0.15, 0.2) is 0 Å². The zero-order valence-corrected chi connectivity index (χ0v) is 23.8. The molecule has 0 heterocycles. The van der Waals surface area contributed by atoms with Crippen LogP contribution >= 0.6 is 0 Å². The second kappa shape index (κ2) is 15.7. The Labute approximate surface area is 227 Å². The molecule has 1 rings (SSSR count). The number of esters is 1. The van der Waals surface area contributed by atoms with E-state index in [9.17, 15) is 19.2 Å². The van der Waals surface area contributed by atoms with Gasteiger partial charge in [0.1, 0.15) is 17.7 Å². The molecule has 38 heavy (non-hydrogen) atoms. The average molecular weight is 530 g/mol. The summed E-state index contributed by atoms with van der Waals surface area (Å²) >= 11 is 0. The van der Waals surface area contributed by atoms with Crippen molar-refractivity contribution in [2.24, 2.45) is 5.92 Å². The minimum Gasteiger partial charge on any atom is -0.466 e. The molecule has 0 saturated carbocycles. The van der Waals surface area contributed by atoms with E-state index in [0.717, 1.165) is 0 Å². The number of nitrogens with one attached hydrogen (secondary N) is 2. The maximum absolute atomic E-state index is 14.1. The Morgan fingerprint density at radius 1 is 1.11 bits per heavy atom. The number of hydrogen-bond donors (Lipinski definition) is 2. The summed E-state index contributed by atoms with van der Waals surface area (Å²) in [5.41, 5.74) is 0.196. The first-order valence-electron chi connectivity index (χ1n) is 13.2. The van der Waals surface area contributed by atoms with Crippen LogP contribution in [-0.2, 0) is 23.9 Å². The summed E-state index contributed by atoms with van der Waals surface area (Å²) in [6.45, 7) is 13.1. The number of benzene rings is 1. The van der Waals surface area contributed by atoms with Gasteiger partial charge in [-0.05, 0) is 51.7 Å². The second-order valence-corrected chi connectivity index (χ2v) is 10.0. The van der Waals surface area contributed by atoms with Crippen LogP contribution in [0.4, 0.5) is 4.79 Å². The van der Waals surface area contributed by atoms with Gasteiger partial charge in [0.25, 0.3) is 0 Å². The molecule has 0 aliphatic rings. The molecule has 1 aromatic rings. The maximum Gasteiger partial charge on any atom is 0.408 e. The highest BCUT2D eigenvalue weighted by Crippen LogP contribution is 2.27. The highest BCUT2D eigenvalue weighted by Gasteiger charge is 2.38. The van der Waals surface area contributed by atoms with E-state index in [1.165, 1.54) is 4.90 Å². The van der Waals surface area contributed by atoms with E-state index in [1.54, 1.807) is 52.0 Å². The Balaban J connectivity index is 3.46. The third-order valence-corrected chi connectivity index (χ3v) is 5.80. The normalized spacial score (nSPS) is 13.3. The average Bonchev–Trinajstić information content (AvgIpc) is 2.85. The van der Waals surface area contributed by atoms with Crippen molar-refractivity contribution in [1.82, 2.24) is 15.5 Å². The van der Waals surface area contributed by atoms with E-state index in [4.69, 9.17) is 15.9 Å². The van der Waals surface area contributed by atoms with E-state index in [1.807, 2.05) is 20.8 Å². The molecule has 0 radical (unpaired) electrons. The van der Waals surface area contributed by atoms with E-state index >= 15 is 0 Å². The lowest BCUT2D eigenvalue weighted by Gasteiger charge is -2.36.